The van der Waals surface area contributed by atoms with Crippen LogP contribution in [0.5, 0.6) is 11.6 Å². The van der Waals surface area contributed by atoms with Crippen molar-refractivity contribution < 1.29 is 14.3 Å². The van der Waals surface area contributed by atoms with Gasteiger partial charge in [0.15, 0.2) is 0 Å². The largest absolute Gasteiger partial charge is 0.437 e. The highest BCUT2D eigenvalue weighted by molar-refractivity contribution is 5.94. The molecule has 0 saturated carbocycles. The Morgan fingerprint density at radius 1 is 1.06 bits per heavy atom. The zero-order chi connectivity index (χ0) is 24.2. The molecule has 2 aromatic carbocycles. The molecule has 2 aliphatic rings. The summed E-state index contributed by atoms with van der Waals surface area (Å²) in [6.45, 7) is 4.64. The number of hydrogen-bond acceptors (Lipinski definition) is 5. The molecule has 2 saturated heterocycles. The molecule has 2 fully saturated rings. The molecule has 0 aliphatic carbocycles. The lowest BCUT2D eigenvalue weighted by Crippen LogP contribution is -2.39. The van der Waals surface area contributed by atoms with Gasteiger partial charge in [-0.25, -0.2) is 4.98 Å². The molecule has 0 radical (unpaired) electrons. The van der Waals surface area contributed by atoms with Gasteiger partial charge in [0.25, 0.3) is 5.91 Å². The van der Waals surface area contributed by atoms with Crippen molar-refractivity contribution in [2.75, 3.05) is 19.6 Å². The third kappa shape index (κ3) is 5.34. The van der Waals surface area contributed by atoms with Crippen LogP contribution in [0.15, 0.2) is 60.9 Å². The number of hydrogen-bond donors (Lipinski definition) is 0. The Hall–Kier alpha value is -3.74. The molecule has 2 amide bonds. The van der Waals surface area contributed by atoms with E-state index in [2.05, 4.69) is 9.97 Å². The Balaban J connectivity index is 1.30. The fraction of sp³-hybridized carbons (Fsp3) is 0.357. The highest BCUT2D eigenvalue weighted by atomic mass is 16.5. The summed E-state index contributed by atoms with van der Waals surface area (Å²) in [7, 11) is 0. The zero-order valence-electron chi connectivity index (χ0n) is 20.0. The molecule has 7 nitrogen and oxygen atoms in total. The van der Waals surface area contributed by atoms with E-state index < -0.39 is 0 Å². The number of likely N-dealkylation sites (tertiary alicyclic amines) is 2. The molecule has 0 spiro atoms. The van der Waals surface area contributed by atoms with E-state index in [1.165, 1.54) is 0 Å². The van der Waals surface area contributed by atoms with Crippen LogP contribution in [0.4, 0.5) is 0 Å². The van der Waals surface area contributed by atoms with Gasteiger partial charge < -0.3 is 14.5 Å². The average molecular weight is 471 g/mol. The van der Waals surface area contributed by atoms with E-state index >= 15 is 0 Å². The molecule has 7 heteroatoms. The van der Waals surface area contributed by atoms with Crippen molar-refractivity contribution in [2.24, 2.45) is 0 Å². The van der Waals surface area contributed by atoms with Crippen LogP contribution in [0.25, 0.3) is 0 Å². The highest BCUT2D eigenvalue weighted by Gasteiger charge is 2.29. The van der Waals surface area contributed by atoms with E-state index in [4.69, 9.17) is 4.74 Å². The first kappa shape index (κ1) is 23.0. The van der Waals surface area contributed by atoms with Crippen molar-refractivity contribution in [2.45, 2.75) is 45.1 Å². The van der Waals surface area contributed by atoms with Crippen molar-refractivity contribution >= 4 is 11.8 Å². The second-order valence-corrected chi connectivity index (χ2v) is 9.37. The molecule has 1 aromatic heterocycles. The molecule has 180 valence electrons. The molecule has 0 bridgehead atoms. The summed E-state index contributed by atoms with van der Waals surface area (Å²) in [5.74, 6) is 1.47. The summed E-state index contributed by atoms with van der Waals surface area (Å²) in [5.41, 5.74) is 3.54. The molecule has 1 unspecified atom stereocenters. The minimum absolute atomic E-state index is 0.00865. The summed E-state index contributed by atoms with van der Waals surface area (Å²) < 4.78 is 6.10. The number of aryl methyl sites for hydroxylation is 1. The summed E-state index contributed by atoms with van der Waals surface area (Å²) in [4.78, 5) is 38.3. The van der Waals surface area contributed by atoms with Gasteiger partial charge in [-0.15, -0.1) is 0 Å². The van der Waals surface area contributed by atoms with E-state index in [9.17, 15) is 9.59 Å². The number of amides is 2. The summed E-state index contributed by atoms with van der Waals surface area (Å²) in [6.07, 6.45) is 6.65. The molecule has 0 N–H and O–H groups in total. The van der Waals surface area contributed by atoms with Crippen LogP contribution in [-0.2, 0) is 11.3 Å². The van der Waals surface area contributed by atoms with Crippen molar-refractivity contribution in [3.05, 3.63) is 83.3 Å². The van der Waals surface area contributed by atoms with Crippen LogP contribution in [0.3, 0.4) is 0 Å². The van der Waals surface area contributed by atoms with Gasteiger partial charge in [-0.05, 0) is 61.6 Å². The second-order valence-electron chi connectivity index (χ2n) is 9.37. The average Bonchev–Trinajstić information content (AvgIpc) is 3.28. The van der Waals surface area contributed by atoms with Crippen LogP contribution < -0.4 is 4.74 Å². The number of carbonyl (C=O) groups excluding carboxylic acids is 2. The first-order valence-electron chi connectivity index (χ1n) is 12.3. The van der Waals surface area contributed by atoms with E-state index in [0.29, 0.717) is 37.5 Å². The summed E-state index contributed by atoms with van der Waals surface area (Å²) >= 11 is 0. The van der Waals surface area contributed by atoms with Crippen molar-refractivity contribution in [1.82, 2.24) is 19.8 Å². The van der Waals surface area contributed by atoms with Crippen LogP contribution in [0.2, 0.25) is 0 Å². The van der Waals surface area contributed by atoms with E-state index in [1.54, 1.807) is 12.4 Å². The number of piperidine rings is 1. The maximum Gasteiger partial charge on any atom is 0.253 e. The molecule has 3 heterocycles. The first-order valence-corrected chi connectivity index (χ1v) is 12.3. The summed E-state index contributed by atoms with van der Waals surface area (Å²) in [5, 5.41) is 0. The molecular formula is C28H30N4O3. The lowest BCUT2D eigenvalue weighted by atomic mass is 9.94. The van der Waals surface area contributed by atoms with Gasteiger partial charge in [-0.1, -0.05) is 24.3 Å². The smallest absolute Gasteiger partial charge is 0.253 e. The quantitative estimate of drug-likeness (QED) is 0.521. The highest BCUT2D eigenvalue weighted by Crippen LogP contribution is 2.33. The van der Waals surface area contributed by atoms with Gasteiger partial charge in [-0.3, -0.25) is 14.6 Å². The van der Waals surface area contributed by atoms with Gasteiger partial charge in [0.05, 0.1) is 0 Å². The lowest BCUT2D eigenvalue weighted by Gasteiger charge is -2.33. The predicted octanol–water partition coefficient (Wildman–Crippen LogP) is 4.72. The van der Waals surface area contributed by atoms with Crippen molar-refractivity contribution in [3.63, 3.8) is 0 Å². The monoisotopic (exact) mass is 470 g/mol. The lowest BCUT2D eigenvalue weighted by molar-refractivity contribution is -0.128. The zero-order valence-corrected chi connectivity index (χ0v) is 20.0. The van der Waals surface area contributed by atoms with Gasteiger partial charge >= 0.3 is 0 Å². The maximum atomic E-state index is 13.4. The van der Waals surface area contributed by atoms with Crippen LogP contribution >= 0.6 is 0 Å². The second kappa shape index (κ2) is 10.3. The van der Waals surface area contributed by atoms with Crippen LogP contribution in [0.1, 0.15) is 58.8 Å². The fourth-order valence-electron chi connectivity index (χ4n) is 4.95. The maximum absolute atomic E-state index is 13.4. The minimum Gasteiger partial charge on any atom is -0.437 e. The first-order chi connectivity index (χ1) is 17.1. The van der Waals surface area contributed by atoms with Crippen LogP contribution in [-0.4, -0.2) is 51.2 Å². The van der Waals surface area contributed by atoms with Gasteiger partial charge in [0, 0.05) is 56.5 Å². The third-order valence-electron chi connectivity index (χ3n) is 6.71. The van der Waals surface area contributed by atoms with E-state index in [1.807, 2.05) is 65.3 Å². The minimum atomic E-state index is 0.00865. The van der Waals surface area contributed by atoms with Crippen LogP contribution in [0, 0.1) is 6.92 Å². The number of aromatic nitrogens is 2. The number of nitrogens with zero attached hydrogens (tertiary/aromatic N) is 4. The van der Waals surface area contributed by atoms with Gasteiger partial charge in [0.1, 0.15) is 11.4 Å². The standard InChI is InChI=1S/C28H30N4O3/c1-20-6-2-10-24(16-20)35-27-26(29-12-13-30-27)23-9-4-15-32(19-23)28(34)22-8-3-7-21(17-22)18-31-14-5-11-25(31)33/h2-3,6-8,10,12-13,16-17,23H,4-5,9,11,14-15,18-19H2,1H3. The van der Waals surface area contributed by atoms with Crippen molar-refractivity contribution in [1.29, 1.82) is 0 Å². The Labute approximate surface area is 205 Å². The number of ether oxygens (including phenoxy) is 1. The molecule has 35 heavy (non-hydrogen) atoms. The Morgan fingerprint density at radius 2 is 1.91 bits per heavy atom. The summed E-state index contributed by atoms with van der Waals surface area (Å²) in [6, 6.07) is 15.5. The molecule has 5 rings (SSSR count). The van der Waals surface area contributed by atoms with Crippen molar-refractivity contribution in [3.8, 4) is 11.6 Å². The Bertz CT molecular complexity index is 1230. The Kier molecular flexibility index (Phi) is 6.75. The van der Waals surface area contributed by atoms with E-state index in [-0.39, 0.29) is 17.7 Å². The predicted molar refractivity (Wildman–Crippen MR) is 132 cm³/mol. The molecule has 2 aliphatic heterocycles. The van der Waals surface area contributed by atoms with Gasteiger partial charge in [0.2, 0.25) is 11.8 Å². The van der Waals surface area contributed by atoms with E-state index in [0.717, 1.165) is 48.4 Å². The SMILES string of the molecule is Cc1cccc(Oc2nccnc2C2CCCN(C(=O)c3cccc(CN4CCCC4=O)c3)C2)c1. The molecule has 1 atom stereocenters. The normalized spacial score (nSPS) is 18.1. The number of benzene rings is 2. The fourth-order valence-corrected chi connectivity index (χ4v) is 4.95. The topological polar surface area (TPSA) is 75.6 Å². The van der Waals surface area contributed by atoms with Gasteiger partial charge in [-0.2, -0.15) is 0 Å². The Morgan fingerprint density at radius 3 is 2.74 bits per heavy atom. The number of rotatable bonds is 6. The third-order valence-corrected chi connectivity index (χ3v) is 6.71. The molecular weight excluding hydrogens is 440 g/mol. The molecule has 3 aromatic rings. The number of carbonyl (C=O) groups is 2.